The SMILES string of the molecule is O=c1[nH]c(C[N+](=O)[O-])nc2ccsc12. The average molecular weight is 211 g/mol. The van der Waals surface area contributed by atoms with Gasteiger partial charge in [-0.2, -0.15) is 0 Å². The zero-order valence-electron chi connectivity index (χ0n) is 6.89. The van der Waals surface area contributed by atoms with Crippen LogP contribution in [0.5, 0.6) is 0 Å². The highest BCUT2D eigenvalue weighted by Crippen LogP contribution is 2.13. The molecule has 2 aromatic rings. The summed E-state index contributed by atoms with van der Waals surface area (Å²) in [6.07, 6.45) is 0. The molecule has 0 radical (unpaired) electrons. The maximum absolute atomic E-state index is 11.3. The number of nitrogens with one attached hydrogen (secondary N) is 1. The number of rotatable bonds is 2. The lowest BCUT2D eigenvalue weighted by Gasteiger charge is -1.94. The molecule has 0 unspecified atom stereocenters. The first kappa shape index (κ1) is 8.82. The number of hydrogen-bond acceptors (Lipinski definition) is 5. The van der Waals surface area contributed by atoms with Crippen LogP contribution in [-0.2, 0) is 6.54 Å². The molecule has 0 amide bonds. The number of thiophene rings is 1. The number of nitro groups is 1. The van der Waals surface area contributed by atoms with Gasteiger partial charge in [0, 0.05) is 4.92 Å². The molecule has 1 N–H and O–H groups in total. The van der Waals surface area contributed by atoms with E-state index in [4.69, 9.17) is 0 Å². The van der Waals surface area contributed by atoms with Gasteiger partial charge in [-0.1, -0.05) is 0 Å². The highest BCUT2D eigenvalue weighted by molar-refractivity contribution is 7.17. The molecule has 0 aliphatic carbocycles. The maximum Gasteiger partial charge on any atom is 0.269 e. The maximum atomic E-state index is 11.3. The highest BCUT2D eigenvalue weighted by Gasteiger charge is 2.08. The summed E-state index contributed by atoms with van der Waals surface area (Å²) in [4.78, 5) is 27.3. The molecular formula is C7H5N3O3S. The molecule has 0 aliphatic heterocycles. The predicted octanol–water partition coefficient (Wildman–Crippen LogP) is 0.761. The van der Waals surface area contributed by atoms with Gasteiger partial charge in [0.2, 0.25) is 0 Å². The van der Waals surface area contributed by atoms with E-state index in [1.54, 1.807) is 11.4 Å². The lowest BCUT2D eigenvalue weighted by molar-refractivity contribution is -0.498. The van der Waals surface area contributed by atoms with Crippen molar-refractivity contribution in [2.24, 2.45) is 0 Å². The van der Waals surface area contributed by atoms with Gasteiger partial charge in [0.25, 0.3) is 12.1 Å². The summed E-state index contributed by atoms with van der Waals surface area (Å²) in [5.41, 5.74) is 0.192. The smallest absolute Gasteiger partial charge is 0.269 e. The summed E-state index contributed by atoms with van der Waals surface area (Å²) in [5, 5.41) is 11.9. The van der Waals surface area contributed by atoms with Crippen molar-refractivity contribution in [3.8, 4) is 0 Å². The lowest BCUT2D eigenvalue weighted by Crippen LogP contribution is -2.13. The van der Waals surface area contributed by atoms with Gasteiger partial charge in [0.15, 0.2) is 5.82 Å². The first-order valence-electron chi connectivity index (χ1n) is 3.75. The zero-order valence-corrected chi connectivity index (χ0v) is 7.71. The molecular weight excluding hydrogens is 206 g/mol. The molecule has 0 saturated carbocycles. The van der Waals surface area contributed by atoms with Crippen LogP contribution in [0.1, 0.15) is 5.82 Å². The lowest BCUT2D eigenvalue weighted by atomic mass is 10.4. The Bertz CT molecular complexity index is 544. The molecule has 0 saturated heterocycles. The van der Waals surface area contributed by atoms with Crippen molar-refractivity contribution < 1.29 is 4.92 Å². The third kappa shape index (κ3) is 1.49. The van der Waals surface area contributed by atoms with E-state index >= 15 is 0 Å². The van der Waals surface area contributed by atoms with Gasteiger partial charge in [-0.3, -0.25) is 14.9 Å². The number of hydrogen-bond donors (Lipinski definition) is 1. The van der Waals surface area contributed by atoms with Gasteiger partial charge in [-0.25, -0.2) is 4.98 Å². The number of aromatic amines is 1. The minimum absolute atomic E-state index is 0.0888. The fraction of sp³-hybridized carbons (Fsp3) is 0.143. The van der Waals surface area contributed by atoms with Gasteiger partial charge in [-0.05, 0) is 11.4 Å². The molecule has 2 heterocycles. The van der Waals surface area contributed by atoms with Crippen molar-refractivity contribution in [1.29, 1.82) is 0 Å². The van der Waals surface area contributed by atoms with Crippen molar-refractivity contribution in [3.05, 3.63) is 37.7 Å². The van der Waals surface area contributed by atoms with Gasteiger partial charge in [-0.15, -0.1) is 11.3 Å². The van der Waals surface area contributed by atoms with E-state index in [0.29, 0.717) is 10.2 Å². The molecule has 0 spiro atoms. The van der Waals surface area contributed by atoms with Gasteiger partial charge >= 0.3 is 0 Å². The Morgan fingerprint density at radius 2 is 2.43 bits per heavy atom. The standard InChI is InChI=1S/C7H5N3O3S/c11-7-6-4(1-2-14-6)8-5(9-7)3-10(12)13/h1-2H,3H2,(H,8,9,11). The van der Waals surface area contributed by atoms with Crippen molar-refractivity contribution in [3.63, 3.8) is 0 Å². The second kappa shape index (κ2) is 3.18. The van der Waals surface area contributed by atoms with Crippen LogP contribution in [0, 0.1) is 10.1 Å². The second-order valence-electron chi connectivity index (χ2n) is 2.64. The van der Waals surface area contributed by atoms with Crippen LogP contribution in [-0.4, -0.2) is 14.9 Å². The molecule has 7 heteroatoms. The van der Waals surface area contributed by atoms with E-state index in [2.05, 4.69) is 9.97 Å². The Hall–Kier alpha value is -1.76. The quantitative estimate of drug-likeness (QED) is 0.586. The average Bonchev–Trinajstić information content (AvgIpc) is 2.50. The molecule has 6 nitrogen and oxygen atoms in total. The Balaban J connectivity index is 2.58. The second-order valence-corrected chi connectivity index (χ2v) is 3.55. The summed E-state index contributed by atoms with van der Waals surface area (Å²) >= 11 is 1.27. The van der Waals surface area contributed by atoms with E-state index in [1.807, 2.05) is 0 Å². The number of fused-ring (bicyclic) bond motifs is 1. The molecule has 14 heavy (non-hydrogen) atoms. The predicted molar refractivity (Wildman–Crippen MR) is 50.9 cm³/mol. The normalized spacial score (nSPS) is 10.6. The van der Waals surface area contributed by atoms with E-state index in [-0.39, 0.29) is 11.4 Å². The zero-order chi connectivity index (χ0) is 10.1. The summed E-state index contributed by atoms with van der Waals surface area (Å²) in [6.45, 7) is -0.457. The fourth-order valence-electron chi connectivity index (χ4n) is 1.12. The Morgan fingerprint density at radius 3 is 3.14 bits per heavy atom. The topological polar surface area (TPSA) is 88.9 Å². The van der Waals surface area contributed by atoms with Gasteiger partial charge in [0.05, 0.1) is 5.52 Å². The fourth-order valence-corrected chi connectivity index (χ4v) is 1.84. The minimum Gasteiger partial charge on any atom is -0.304 e. The Labute approximate surface area is 81.4 Å². The van der Waals surface area contributed by atoms with E-state index < -0.39 is 11.5 Å². The van der Waals surface area contributed by atoms with Gasteiger partial charge < -0.3 is 4.98 Å². The monoisotopic (exact) mass is 211 g/mol. The molecule has 2 rings (SSSR count). The van der Waals surface area contributed by atoms with Crippen molar-refractivity contribution in [2.45, 2.75) is 6.54 Å². The molecule has 0 aliphatic rings. The van der Waals surface area contributed by atoms with E-state index in [0.717, 1.165) is 0 Å². The van der Waals surface area contributed by atoms with Crippen LogP contribution in [0.3, 0.4) is 0 Å². The van der Waals surface area contributed by atoms with Crippen LogP contribution in [0.2, 0.25) is 0 Å². The molecule has 0 atom stereocenters. The van der Waals surface area contributed by atoms with Crippen LogP contribution >= 0.6 is 11.3 Å². The van der Waals surface area contributed by atoms with Crippen LogP contribution in [0.15, 0.2) is 16.2 Å². The summed E-state index contributed by atoms with van der Waals surface area (Å²) < 4.78 is 0.497. The first-order valence-corrected chi connectivity index (χ1v) is 4.63. The number of H-pyrrole nitrogens is 1. The van der Waals surface area contributed by atoms with E-state index in [9.17, 15) is 14.9 Å². The van der Waals surface area contributed by atoms with Crippen LogP contribution in [0.4, 0.5) is 0 Å². The number of aromatic nitrogens is 2. The summed E-state index contributed by atoms with van der Waals surface area (Å²) in [5.74, 6) is 0.0888. The largest absolute Gasteiger partial charge is 0.304 e. The first-order chi connectivity index (χ1) is 6.66. The third-order valence-corrected chi connectivity index (χ3v) is 2.55. The van der Waals surface area contributed by atoms with Crippen molar-refractivity contribution >= 4 is 21.6 Å². The minimum atomic E-state index is -0.531. The molecule has 72 valence electrons. The molecule has 0 fully saturated rings. The summed E-state index contributed by atoms with van der Waals surface area (Å²) in [6, 6.07) is 1.67. The molecule has 0 bridgehead atoms. The Morgan fingerprint density at radius 1 is 1.64 bits per heavy atom. The summed E-state index contributed by atoms with van der Waals surface area (Å²) in [7, 11) is 0. The van der Waals surface area contributed by atoms with Crippen molar-refractivity contribution in [1.82, 2.24) is 9.97 Å². The Kier molecular flexibility index (Phi) is 2.01. The third-order valence-electron chi connectivity index (χ3n) is 1.64. The molecule has 2 aromatic heterocycles. The number of nitrogens with zero attached hydrogens (tertiary/aromatic N) is 2. The molecule has 0 aromatic carbocycles. The van der Waals surface area contributed by atoms with Gasteiger partial charge in [0.1, 0.15) is 4.70 Å². The highest BCUT2D eigenvalue weighted by atomic mass is 32.1. The van der Waals surface area contributed by atoms with Crippen molar-refractivity contribution in [2.75, 3.05) is 0 Å². The van der Waals surface area contributed by atoms with Crippen LogP contribution < -0.4 is 5.56 Å². The van der Waals surface area contributed by atoms with E-state index in [1.165, 1.54) is 11.3 Å². The van der Waals surface area contributed by atoms with Crippen LogP contribution in [0.25, 0.3) is 10.2 Å².